The van der Waals surface area contributed by atoms with Crippen LogP contribution in [0.15, 0.2) is 23.0 Å². The van der Waals surface area contributed by atoms with Gasteiger partial charge in [0.1, 0.15) is 6.10 Å². The van der Waals surface area contributed by atoms with Crippen molar-refractivity contribution in [3.63, 3.8) is 0 Å². The van der Waals surface area contributed by atoms with Crippen molar-refractivity contribution in [1.82, 2.24) is 0 Å². The molecule has 170 valence electrons. The second-order valence-electron chi connectivity index (χ2n) is 10.3. The van der Waals surface area contributed by atoms with Crippen LogP contribution in [0.1, 0.15) is 72.0 Å². The van der Waals surface area contributed by atoms with E-state index in [0.717, 1.165) is 5.56 Å². The van der Waals surface area contributed by atoms with E-state index in [2.05, 4.69) is 0 Å². The van der Waals surface area contributed by atoms with Gasteiger partial charge >= 0.3 is 11.9 Å². The molecule has 1 aromatic heterocycles. The van der Waals surface area contributed by atoms with Crippen molar-refractivity contribution in [2.24, 2.45) is 23.2 Å². The number of rotatable bonds is 3. The minimum atomic E-state index is -0.970. The van der Waals surface area contributed by atoms with Crippen molar-refractivity contribution in [2.45, 2.75) is 84.2 Å². The molecule has 2 saturated heterocycles. The van der Waals surface area contributed by atoms with E-state index >= 15 is 0 Å². The number of ketones is 1. The summed E-state index contributed by atoms with van der Waals surface area (Å²) in [6.45, 7) is 9.27. The van der Waals surface area contributed by atoms with Gasteiger partial charge in [0, 0.05) is 16.9 Å². The predicted molar refractivity (Wildman–Crippen MR) is 110 cm³/mol. The zero-order valence-corrected chi connectivity index (χ0v) is 18.9. The Morgan fingerprint density at radius 2 is 1.97 bits per heavy atom. The standard InChI is InChI=1S/C24H32O7/c1-13(2)21(26)29-18-10-14(3)16-11-17(15-7-9-28-12-15)30-22(27)24(16)19(31-24)6-8-23(4,5)20(18)25/h7,9,12-14,16-19H,6,8,10-11H2,1-5H3/t14-,16+,17-,18?,19-,24+/m1/s1. The summed E-state index contributed by atoms with van der Waals surface area (Å²) in [5.74, 6) is -1.34. The summed E-state index contributed by atoms with van der Waals surface area (Å²) in [6.07, 6.45) is 3.71. The highest BCUT2D eigenvalue weighted by atomic mass is 16.7. The first-order chi connectivity index (χ1) is 14.6. The molecule has 7 heteroatoms. The van der Waals surface area contributed by atoms with Crippen LogP contribution in [0.5, 0.6) is 0 Å². The van der Waals surface area contributed by atoms with Crippen LogP contribution in [0.3, 0.4) is 0 Å². The topological polar surface area (TPSA) is 95.3 Å². The maximum atomic E-state index is 13.4. The third-order valence-corrected chi connectivity index (χ3v) is 7.25. The Morgan fingerprint density at radius 3 is 2.61 bits per heavy atom. The quantitative estimate of drug-likeness (QED) is 0.526. The molecule has 0 radical (unpaired) electrons. The minimum Gasteiger partial charge on any atom is -0.472 e. The van der Waals surface area contributed by atoms with Gasteiger partial charge in [-0.25, -0.2) is 4.79 Å². The summed E-state index contributed by atoms with van der Waals surface area (Å²) >= 11 is 0. The van der Waals surface area contributed by atoms with Crippen molar-refractivity contribution in [3.05, 3.63) is 24.2 Å². The summed E-state index contributed by atoms with van der Waals surface area (Å²) in [7, 11) is 0. The molecule has 0 amide bonds. The van der Waals surface area contributed by atoms with Crippen LogP contribution in [0.25, 0.3) is 0 Å². The maximum absolute atomic E-state index is 13.4. The number of Topliss-reactive ketones (excluding diaryl/α,β-unsaturated/α-hetero) is 1. The molecule has 3 heterocycles. The van der Waals surface area contributed by atoms with Gasteiger partial charge in [0.15, 0.2) is 17.5 Å². The predicted octanol–water partition coefficient (Wildman–Crippen LogP) is 4.00. The zero-order valence-electron chi connectivity index (χ0n) is 18.9. The molecule has 1 unspecified atom stereocenters. The Hall–Kier alpha value is -2.15. The monoisotopic (exact) mass is 432 g/mol. The molecule has 0 bridgehead atoms. The van der Waals surface area contributed by atoms with Gasteiger partial charge in [0.25, 0.3) is 0 Å². The molecular weight excluding hydrogens is 400 g/mol. The van der Waals surface area contributed by atoms with Crippen LogP contribution >= 0.6 is 0 Å². The van der Waals surface area contributed by atoms with Crippen LogP contribution in [-0.2, 0) is 28.6 Å². The number of cyclic esters (lactones) is 1. The van der Waals surface area contributed by atoms with Gasteiger partial charge in [0.05, 0.1) is 24.5 Å². The number of epoxide rings is 1. The molecule has 7 nitrogen and oxygen atoms in total. The van der Waals surface area contributed by atoms with E-state index < -0.39 is 23.2 Å². The third kappa shape index (κ3) is 3.81. The number of hydrogen-bond acceptors (Lipinski definition) is 7. The average Bonchev–Trinajstić information content (AvgIpc) is 3.15. The van der Waals surface area contributed by atoms with Gasteiger partial charge in [-0.15, -0.1) is 0 Å². The Kier molecular flexibility index (Phi) is 5.53. The van der Waals surface area contributed by atoms with Gasteiger partial charge in [0.2, 0.25) is 0 Å². The summed E-state index contributed by atoms with van der Waals surface area (Å²) in [5.41, 5.74) is -0.841. The van der Waals surface area contributed by atoms with Crippen molar-refractivity contribution in [3.8, 4) is 0 Å². The molecular formula is C24H32O7. The number of carbonyl (C=O) groups is 3. The Labute approximate surface area is 182 Å². The van der Waals surface area contributed by atoms with Crippen molar-refractivity contribution < 1.29 is 33.0 Å². The summed E-state index contributed by atoms with van der Waals surface area (Å²) < 4.78 is 22.7. The lowest BCUT2D eigenvalue weighted by Crippen LogP contribution is -2.49. The second kappa shape index (κ2) is 7.76. The molecule has 3 fully saturated rings. The molecule has 1 saturated carbocycles. The van der Waals surface area contributed by atoms with Crippen molar-refractivity contribution in [1.29, 1.82) is 0 Å². The van der Waals surface area contributed by atoms with Gasteiger partial charge in [-0.3, -0.25) is 9.59 Å². The lowest BCUT2D eigenvalue weighted by Gasteiger charge is -2.39. The fourth-order valence-corrected chi connectivity index (χ4v) is 5.16. The lowest BCUT2D eigenvalue weighted by atomic mass is 9.68. The fraction of sp³-hybridized carbons (Fsp3) is 0.708. The zero-order chi connectivity index (χ0) is 22.6. The Bertz CT molecular complexity index is 855. The van der Waals surface area contributed by atoms with Crippen LogP contribution in [0, 0.1) is 23.2 Å². The lowest BCUT2D eigenvalue weighted by molar-refractivity contribution is -0.172. The van der Waals surface area contributed by atoms with E-state index in [1.54, 1.807) is 32.4 Å². The van der Waals surface area contributed by atoms with Gasteiger partial charge in [-0.2, -0.15) is 0 Å². The largest absolute Gasteiger partial charge is 0.472 e. The van der Waals surface area contributed by atoms with E-state index in [-0.39, 0.29) is 41.6 Å². The first-order valence-electron chi connectivity index (χ1n) is 11.2. The molecule has 4 rings (SSSR count). The van der Waals surface area contributed by atoms with Gasteiger partial charge < -0.3 is 18.6 Å². The molecule has 3 aliphatic rings. The Balaban J connectivity index is 1.65. The number of hydrogen-bond donors (Lipinski definition) is 0. The fourth-order valence-electron chi connectivity index (χ4n) is 5.16. The van der Waals surface area contributed by atoms with E-state index in [1.807, 2.05) is 20.8 Å². The third-order valence-electron chi connectivity index (χ3n) is 7.25. The van der Waals surface area contributed by atoms with Crippen LogP contribution in [0.4, 0.5) is 0 Å². The minimum absolute atomic E-state index is 0.0636. The molecule has 1 aromatic rings. The Morgan fingerprint density at radius 1 is 1.23 bits per heavy atom. The summed E-state index contributed by atoms with van der Waals surface area (Å²) in [5, 5.41) is 0. The van der Waals surface area contributed by atoms with Gasteiger partial charge in [-0.05, 0) is 37.7 Å². The number of ether oxygens (including phenoxy) is 3. The van der Waals surface area contributed by atoms with Crippen LogP contribution < -0.4 is 0 Å². The van der Waals surface area contributed by atoms with E-state index in [1.165, 1.54) is 0 Å². The number of furan rings is 1. The molecule has 1 aliphatic carbocycles. The van der Waals surface area contributed by atoms with Crippen LogP contribution in [-0.4, -0.2) is 35.5 Å². The number of esters is 2. The van der Waals surface area contributed by atoms with E-state index in [0.29, 0.717) is 25.7 Å². The smallest absolute Gasteiger partial charge is 0.342 e. The van der Waals surface area contributed by atoms with Crippen LogP contribution in [0.2, 0.25) is 0 Å². The highest BCUT2D eigenvalue weighted by Gasteiger charge is 2.71. The van der Waals surface area contributed by atoms with E-state index in [9.17, 15) is 14.4 Å². The SMILES string of the molecule is CC(C)C(=O)OC1C[C@@H](C)[C@@H]2C[C@H](c3ccoc3)OC(=O)[C@]23O[C@@H]3CCC(C)(C)C1=O. The maximum Gasteiger partial charge on any atom is 0.342 e. The van der Waals surface area contributed by atoms with Gasteiger partial charge in [-0.1, -0.05) is 34.6 Å². The summed E-state index contributed by atoms with van der Waals surface area (Å²) in [6, 6.07) is 1.80. The highest BCUT2D eigenvalue weighted by Crippen LogP contribution is 2.57. The molecule has 0 N–H and O–H groups in total. The summed E-state index contributed by atoms with van der Waals surface area (Å²) in [4.78, 5) is 38.9. The second-order valence-corrected chi connectivity index (χ2v) is 10.3. The molecule has 31 heavy (non-hydrogen) atoms. The molecule has 1 spiro atoms. The average molecular weight is 433 g/mol. The highest BCUT2D eigenvalue weighted by molar-refractivity contribution is 5.90. The normalized spacial score (nSPS) is 37.4. The van der Waals surface area contributed by atoms with Crippen molar-refractivity contribution in [2.75, 3.05) is 0 Å². The molecule has 6 atom stereocenters. The first-order valence-corrected chi connectivity index (χ1v) is 11.2. The molecule has 0 aromatic carbocycles. The number of carbonyl (C=O) groups excluding carboxylic acids is 3. The molecule has 2 aliphatic heterocycles. The first kappa shape index (κ1) is 22.1. The van der Waals surface area contributed by atoms with Crippen molar-refractivity contribution >= 4 is 17.7 Å². The van der Waals surface area contributed by atoms with E-state index in [4.69, 9.17) is 18.6 Å².